The van der Waals surface area contributed by atoms with E-state index in [2.05, 4.69) is 5.32 Å². The first-order valence-electron chi connectivity index (χ1n) is 9.42. The SMILES string of the molecule is O=C(Nc1ccccc1)[C@@H]1CCc2ccccc2N1C(=O)[C@H]1CCS(=O)(=O)C1. The van der Waals surface area contributed by atoms with Crippen LogP contribution in [0.3, 0.4) is 0 Å². The zero-order chi connectivity index (χ0) is 19.7. The maximum Gasteiger partial charge on any atom is 0.247 e. The predicted octanol–water partition coefficient (Wildman–Crippen LogP) is 2.41. The number of hydrogen-bond acceptors (Lipinski definition) is 4. The summed E-state index contributed by atoms with van der Waals surface area (Å²) in [4.78, 5) is 27.8. The normalized spacial score (nSPS) is 23.1. The summed E-state index contributed by atoms with van der Waals surface area (Å²) in [6.07, 6.45) is 1.50. The topological polar surface area (TPSA) is 83.6 Å². The Morgan fingerprint density at radius 2 is 1.68 bits per heavy atom. The minimum absolute atomic E-state index is 0.0276. The number of anilines is 2. The molecular formula is C21H22N2O4S. The standard InChI is InChI=1S/C21H22N2O4S/c24-20(22-17-7-2-1-3-8-17)19-11-10-15-6-4-5-9-18(15)23(19)21(25)16-12-13-28(26,27)14-16/h1-9,16,19H,10-14H2,(H,22,24)/t16-,19-/m0/s1. The number of benzene rings is 2. The molecule has 0 bridgehead atoms. The summed E-state index contributed by atoms with van der Waals surface area (Å²) < 4.78 is 23.8. The molecule has 0 aromatic heterocycles. The number of amides is 2. The molecule has 2 aromatic carbocycles. The summed E-state index contributed by atoms with van der Waals surface area (Å²) in [5.74, 6) is -1.24. The molecule has 2 aliphatic heterocycles. The maximum absolute atomic E-state index is 13.3. The number of fused-ring (bicyclic) bond motifs is 1. The van der Waals surface area contributed by atoms with Gasteiger partial charge in [-0.05, 0) is 43.0 Å². The summed E-state index contributed by atoms with van der Waals surface area (Å²) in [5, 5.41) is 2.88. The molecule has 2 heterocycles. The van der Waals surface area contributed by atoms with Crippen LogP contribution in [0, 0.1) is 5.92 Å². The van der Waals surface area contributed by atoms with Gasteiger partial charge in [-0.3, -0.25) is 14.5 Å². The fourth-order valence-electron chi connectivity index (χ4n) is 4.00. The Labute approximate surface area is 164 Å². The van der Waals surface area contributed by atoms with Gasteiger partial charge in [-0.15, -0.1) is 0 Å². The number of carbonyl (C=O) groups is 2. The van der Waals surface area contributed by atoms with Crippen molar-refractivity contribution in [1.29, 1.82) is 0 Å². The van der Waals surface area contributed by atoms with Crippen molar-refractivity contribution in [2.45, 2.75) is 25.3 Å². The van der Waals surface area contributed by atoms with Crippen LogP contribution >= 0.6 is 0 Å². The third-order valence-electron chi connectivity index (χ3n) is 5.41. The van der Waals surface area contributed by atoms with E-state index in [1.165, 1.54) is 4.90 Å². The van der Waals surface area contributed by atoms with Gasteiger partial charge in [0, 0.05) is 11.4 Å². The molecule has 0 saturated carbocycles. The number of carbonyl (C=O) groups excluding carboxylic acids is 2. The van der Waals surface area contributed by atoms with Gasteiger partial charge in [0.1, 0.15) is 6.04 Å². The van der Waals surface area contributed by atoms with Gasteiger partial charge in [-0.2, -0.15) is 0 Å². The van der Waals surface area contributed by atoms with Gasteiger partial charge in [0.2, 0.25) is 11.8 Å². The lowest BCUT2D eigenvalue weighted by molar-refractivity contribution is -0.126. The van der Waals surface area contributed by atoms with E-state index in [1.54, 1.807) is 12.1 Å². The Kier molecular flexibility index (Phi) is 4.93. The largest absolute Gasteiger partial charge is 0.324 e. The van der Waals surface area contributed by atoms with Crippen molar-refractivity contribution < 1.29 is 18.0 Å². The van der Waals surface area contributed by atoms with Crippen LogP contribution in [0.5, 0.6) is 0 Å². The summed E-state index contributed by atoms with van der Waals surface area (Å²) in [6, 6.07) is 16.0. The van der Waals surface area contributed by atoms with Crippen LogP contribution in [0.15, 0.2) is 54.6 Å². The van der Waals surface area contributed by atoms with Crippen LogP contribution in [-0.4, -0.2) is 37.8 Å². The van der Waals surface area contributed by atoms with Crippen LogP contribution in [0.1, 0.15) is 18.4 Å². The van der Waals surface area contributed by atoms with Crippen molar-refractivity contribution in [3.05, 3.63) is 60.2 Å². The number of nitrogens with one attached hydrogen (secondary N) is 1. The molecule has 6 nitrogen and oxygen atoms in total. The molecule has 146 valence electrons. The lowest BCUT2D eigenvalue weighted by Crippen LogP contribution is -2.52. The van der Waals surface area contributed by atoms with E-state index >= 15 is 0 Å². The minimum Gasteiger partial charge on any atom is -0.324 e. The van der Waals surface area contributed by atoms with E-state index in [1.807, 2.05) is 42.5 Å². The molecule has 2 amide bonds. The van der Waals surface area contributed by atoms with Gasteiger partial charge in [0.25, 0.3) is 0 Å². The molecule has 7 heteroatoms. The second kappa shape index (κ2) is 7.39. The average Bonchev–Trinajstić information content (AvgIpc) is 3.07. The Balaban J connectivity index is 1.65. The van der Waals surface area contributed by atoms with Crippen LogP contribution in [0.4, 0.5) is 11.4 Å². The third kappa shape index (κ3) is 3.67. The summed E-state index contributed by atoms with van der Waals surface area (Å²) in [5.41, 5.74) is 2.37. The van der Waals surface area contributed by atoms with Crippen LogP contribution in [-0.2, 0) is 25.8 Å². The second-order valence-electron chi connectivity index (χ2n) is 7.35. The van der Waals surface area contributed by atoms with E-state index in [9.17, 15) is 18.0 Å². The maximum atomic E-state index is 13.3. The summed E-state index contributed by atoms with van der Waals surface area (Å²) in [7, 11) is -3.19. The Morgan fingerprint density at radius 3 is 2.39 bits per heavy atom. The van der Waals surface area contributed by atoms with Crippen LogP contribution in [0.25, 0.3) is 0 Å². The monoisotopic (exact) mass is 398 g/mol. The van der Waals surface area contributed by atoms with Crippen molar-refractivity contribution in [3.63, 3.8) is 0 Å². The predicted molar refractivity (Wildman–Crippen MR) is 108 cm³/mol. The van der Waals surface area contributed by atoms with Crippen molar-refractivity contribution in [1.82, 2.24) is 0 Å². The minimum atomic E-state index is -3.19. The number of hydrogen-bond donors (Lipinski definition) is 1. The van der Waals surface area contributed by atoms with Crippen molar-refractivity contribution in [3.8, 4) is 0 Å². The van der Waals surface area contributed by atoms with Crippen LogP contribution in [0.2, 0.25) is 0 Å². The third-order valence-corrected chi connectivity index (χ3v) is 7.18. The Bertz CT molecular complexity index is 1000. The second-order valence-corrected chi connectivity index (χ2v) is 9.58. The zero-order valence-electron chi connectivity index (χ0n) is 15.4. The van der Waals surface area contributed by atoms with Gasteiger partial charge in [-0.1, -0.05) is 36.4 Å². The molecule has 1 fully saturated rings. The van der Waals surface area contributed by atoms with Gasteiger partial charge in [0.05, 0.1) is 17.4 Å². The molecule has 0 unspecified atom stereocenters. The zero-order valence-corrected chi connectivity index (χ0v) is 16.2. The highest BCUT2D eigenvalue weighted by Gasteiger charge is 2.42. The number of rotatable bonds is 3. The quantitative estimate of drug-likeness (QED) is 0.861. The van der Waals surface area contributed by atoms with Gasteiger partial charge in [0.15, 0.2) is 9.84 Å². The van der Waals surface area contributed by atoms with E-state index in [4.69, 9.17) is 0 Å². The molecule has 0 radical (unpaired) electrons. The molecular weight excluding hydrogens is 376 g/mol. The van der Waals surface area contributed by atoms with Crippen molar-refractivity contribution >= 4 is 33.0 Å². The van der Waals surface area contributed by atoms with Crippen LogP contribution < -0.4 is 10.2 Å². The average molecular weight is 398 g/mol. The summed E-state index contributed by atoms with van der Waals surface area (Å²) >= 11 is 0. The molecule has 2 aliphatic rings. The van der Waals surface area contributed by atoms with E-state index in [-0.39, 0.29) is 23.3 Å². The highest BCUT2D eigenvalue weighted by molar-refractivity contribution is 7.91. The van der Waals surface area contributed by atoms with E-state index < -0.39 is 21.8 Å². The van der Waals surface area contributed by atoms with Gasteiger partial charge >= 0.3 is 0 Å². The summed E-state index contributed by atoms with van der Waals surface area (Å²) in [6.45, 7) is 0. The highest BCUT2D eigenvalue weighted by atomic mass is 32.2. The fourth-order valence-corrected chi connectivity index (χ4v) is 5.73. The first-order chi connectivity index (χ1) is 13.4. The molecule has 2 aromatic rings. The Morgan fingerprint density at radius 1 is 0.964 bits per heavy atom. The smallest absolute Gasteiger partial charge is 0.247 e. The molecule has 4 rings (SSSR count). The Hall–Kier alpha value is -2.67. The molecule has 1 saturated heterocycles. The first kappa shape index (κ1) is 18.7. The van der Waals surface area contributed by atoms with E-state index in [0.29, 0.717) is 30.6 Å². The number of aryl methyl sites for hydroxylation is 1. The lowest BCUT2D eigenvalue weighted by atomic mass is 9.93. The van der Waals surface area contributed by atoms with E-state index in [0.717, 1.165) is 5.56 Å². The van der Waals surface area contributed by atoms with Gasteiger partial charge < -0.3 is 5.32 Å². The van der Waals surface area contributed by atoms with Crippen molar-refractivity contribution in [2.24, 2.45) is 5.92 Å². The highest BCUT2D eigenvalue weighted by Crippen LogP contribution is 2.34. The fraction of sp³-hybridized carbons (Fsp3) is 0.333. The molecule has 0 spiro atoms. The molecule has 2 atom stereocenters. The lowest BCUT2D eigenvalue weighted by Gasteiger charge is -2.37. The number of sulfone groups is 1. The molecule has 28 heavy (non-hydrogen) atoms. The van der Waals surface area contributed by atoms with Gasteiger partial charge in [-0.25, -0.2) is 8.42 Å². The first-order valence-corrected chi connectivity index (χ1v) is 11.2. The number of nitrogens with zero attached hydrogens (tertiary/aromatic N) is 1. The van der Waals surface area contributed by atoms with Crippen molar-refractivity contribution in [2.75, 3.05) is 21.7 Å². The molecule has 1 N–H and O–H groups in total. The molecule has 0 aliphatic carbocycles. The number of para-hydroxylation sites is 2.